The second kappa shape index (κ2) is 10.3. The summed E-state index contributed by atoms with van der Waals surface area (Å²) in [4.78, 5) is 19.4. The molecule has 0 bridgehead atoms. The number of nitrogens with zero attached hydrogens (tertiary/aromatic N) is 3. The van der Waals surface area contributed by atoms with E-state index in [4.69, 9.17) is 0 Å². The average molecular weight is 433 g/mol. The Balaban J connectivity index is 1.50. The molecular weight excluding hydrogens is 408 g/mol. The molecule has 33 heavy (non-hydrogen) atoms. The number of anilines is 2. The summed E-state index contributed by atoms with van der Waals surface area (Å²) >= 11 is 0. The van der Waals surface area contributed by atoms with E-state index in [1.165, 1.54) is 5.56 Å². The van der Waals surface area contributed by atoms with Crippen LogP contribution in [0, 0.1) is 11.3 Å². The quantitative estimate of drug-likeness (QED) is 0.296. The number of carbonyl (C=O) groups is 1. The number of hydrogen-bond donors (Lipinski definition) is 1. The number of hydrogen-bond acceptors (Lipinski definition) is 4. The van der Waals surface area contributed by atoms with Gasteiger partial charge in [0.15, 0.2) is 0 Å². The van der Waals surface area contributed by atoms with E-state index in [1.807, 2.05) is 72.8 Å². The fraction of sp³-hybridized carbons (Fsp3) is 0.107. The summed E-state index contributed by atoms with van der Waals surface area (Å²) in [5.74, 6) is -0.447. The lowest BCUT2D eigenvalue weighted by Crippen LogP contribution is -2.21. The summed E-state index contributed by atoms with van der Waals surface area (Å²) in [5.41, 5.74) is 4.58. The zero-order valence-corrected chi connectivity index (χ0v) is 18.4. The lowest BCUT2D eigenvalue weighted by molar-refractivity contribution is -0.112. The van der Waals surface area contributed by atoms with Gasteiger partial charge in [0.25, 0.3) is 5.91 Å². The molecule has 0 aliphatic rings. The molecule has 0 radical (unpaired) electrons. The molecule has 0 saturated carbocycles. The Morgan fingerprint density at radius 2 is 1.79 bits per heavy atom. The van der Waals surface area contributed by atoms with Gasteiger partial charge >= 0.3 is 0 Å². The maximum absolute atomic E-state index is 12.8. The van der Waals surface area contributed by atoms with Gasteiger partial charge in [-0.2, -0.15) is 5.26 Å². The Morgan fingerprint density at radius 3 is 2.52 bits per heavy atom. The van der Waals surface area contributed by atoms with Crippen LogP contribution in [0.4, 0.5) is 11.4 Å². The van der Waals surface area contributed by atoms with Gasteiger partial charge in [0.1, 0.15) is 11.6 Å². The molecule has 5 nitrogen and oxygen atoms in total. The molecule has 162 valence electrons. The third kappa shape index (κ3) is 5.25. The summed E-state index contributed by atoms with van der Waals surface area (Å²) < 4.78 is 0. The fourth-order valence-corrected chi connectivity index (χ4v) is 3.69. The standard InChI is InChI=1S/C28H24N4O/c1-2-32(20-22-8-4-3-5-9-22)24-15-13-21(14-16-24)18-23(19-29)28(33)31-27-12-6-11-26-25(27)10-7-17-30-26/h3-18H,2,20H2,1H3,(H,31,33). The summed E-state index contributed by atoms with van der Waals surface area (Å²) in [6, 6.07) is 29.5. The molecule has 0 saturated heterocycles. The number of amides is 1. The van der Waals surface area contributed by atoms with Crippen LogP contribution in [0.1, 0.15) is 18.1 Å². The Labute approximate surface area is 193 Å². The number of pyridine rings is 1. The van der Waals surface area contributed by atoms with Crippen LogP contribution in [-0.4, -0.2) is 17.4 Å². The Hall–Kier alpha value is -4.43. The fourth-order valence-electron chi connectivity index (χ4n) is 3.69. The highest BCUT2D eigenvalue weighted by atomic mass is 16.1. The lowest BCUT2D eigenvalue weighted by Gasteiger charge is -2.23. The van der Waals surface area contributed by atoms with Crippen LogP contribution in [0.15, 0.2) is 96.7 Å². The molecule has 0 atom stereocenters. The third-order valence-electron chi connectivity index (χ3n) is 5.43. The summed E-state index contributed by atoms with van der Waals surface area (Å²) in [7, 11) is 0. The number of carbonyl (C=O) groups excluding carboxylic acids is 1. The average Bonchev–Trinajstić information content (AvgIpc) is 2.87. The first-order chi connectivity index (χ1) is 16.2. The van der Waals surface area contributed by atoms with Crippen molar-refractivity contribution in [3.63, 3.8) is 0 Å². The van der Waals surface area contributed by atoms with E-state index in [-0.39, 0.29) is 5.57 Å². The molecule has 1 aromatic heterocycles. The normalized spacial score (nSPS) is 11.1. The molecule has 4 rings (SSSR count). The van der Waals surface area contributed by atoms with Gasteiger partial charge in [-0.3, -0.25) is 9.78 Å². The molecule has 5 heteroatoms. The molecule has 1 heterocycles. The van der Waals surface area contributed by atoms with Crippen LogP contribution in [0.25, 0.3) is 17.0 Å². The Bertz CT molecular complexity index is 1320. The molecule has 0 aliphatic heterocycles. The molecule has 0 aliphatic carbocycles. The maximum atomic E-state index is 12.8. The van der Waals surface area contributed by atoms with Crippen molar-refractivity contribution >= 4 is 34.3 Å². The largest absolute Gasteiger partial charge is 0.367 e. The number of nitrogens with one attached hydrogen (secondary N) is 1. The van der Waals surface area contributed by atoms with Gasteiger partial charge in [0, 0.05) is 30.4 Å². The van der Waals surface area contributed by atoms with Gasteiger partial charge < -0.3 is 10.2 Å². The monoisotopic (exact) mass is 432 g/mol. The van der Waals surface area contributed by atoms with Gasteiger partial charge in [-0.1, -0.05) is 48.5 Å². The highest BCUT2D eigenvalue weighted by molar-refractivity contribution is 6.12. The van der Waals surface area contributed by atoms with Crippen molar-refractivity contribution in [1.82, 2.24) is 4.98 Å². The second-order valence-electron chi connectivity index (χ2n) is 7.59. The maximum Gasteiger partial charge on any atom is 0.266 e. The first-order valence-electron chi connectivity index (χ1n) is 10.8. The lowest BCUT2D eigenvalue weighted by atomic mass is 10.1. The van der Waals surface area contributed by atoms with Gasteiger partial charge in [-0.05, 0) is 60.5 Å². The number of benzene rings is 3. The number of aromatic nitrogens is 1. The topological polar surface area (TPSA) is 69.0 Å². The van der Waals surface area contributed by atoms with Crippen LogP contribution in [0.3, 0.4) is 0 Å². The Kier molecular flexibility index (Phi) is 6.77. The predicted octanol–water partition coefficient (Wildman–Crippen LogP) is 5.81. The molecule has 0 spiro atoms. The van der Waals surface area contributed by atoms with Gasteiger partial charge in [-0.25, -0.2) is 0 Å². The van der Waals surface area contributed by atoms with Crippen molar-refractivity contribution in [3.8, 4) is 6.07 Å². The zero-order valence-electron chi connectivity index (χ0n) is 18.4. The van der Waals surface area contributed by atoms with E-state index in [9.17, 15) is 10.1 Å². The van der Waals surface area contributed by atoms with Crippen molar-refractivity contribution in [3.05, 3.63) is 108 Å². The van der Waals surface area contributed by atoms with Crippen molar-refractivity contribution in [2.75, 3.05) is 16.8 Å². The number of rotatable bonds is 7. The van der Waals surface area contributed by atoms with Crippen LogP contribution in [0.2, 0.25) is 0 Å². The molecule has 3 aromatic carbocycles. The van der Waals surface area contributed by atoms with Crippen molar-refractivity contribution in [1.29, 1.82) is 5.26 Å². The molecule has 0 fully saturated rings. The van der Waals surface area contributed by atoms with Crippen molar-refractivity contribution in [2.24, 2.45) is 0 Å². The van der Waals surface area contributed by atoms with E-state index in [0.717, 1.165) is 35.2 Å². The van der Waals surface area contributed by atoms with Crippen LogP contribution >= 0.6 is 0 Å². The summed E-state index contributed by atoms with van der Waals surface area (Å²) in [6.07, 6.45) is 3.31. The van der Waals surface area contributed by atoms with Crippen LogP contribution in [-0.2, 0) is 11.3 Å². The van der Waals surface area contributed by atoms with Crippen molar-refractivity contribution in [2.45, 2.75) is 13.5 Å². The van der Waals surface area contributed by atoms with E-state index in [1.54, 1.807) is 18.3 Å². The highest BCUT2D eigenvalue weighted by Gasteiger charge is 2.12. The first-order valence-corrected chi connectivity index (χ1v) is 10.8. The molecule has 1 N–H and O–H groups in total. The molecular formula is C28H24N4O. The summed E-state index contributed by atoms with van der Waals surface area (Å²) in [6.45, 7) is 3.81. The number of fused-ring (bicyclic) bond motifs is 1. The van der Waals surface area contributed by atoms with Crippen molar-refractivity contribution < 1.29 is 4.79 Å². The predicted molar refractivity (Wildman–Crippen MR) is 134 cm³/mol. The van der Waals surface area contributed by atoms with Gasteiger partial charge in [0.05, 0.1) is 11.2 Å². The minimum atomic E-state index is -0.447. The van der Waals surface area contributed by atoms with E-state index < -0.39 is 5.91 Å². The third-order valence-corrected chi connectivity index (χ3v) is 5.43. The number of nitriles is 1. The SMILES string of the molecule is CCN(Cc1ccccc1)c1ccc(C=C(C#N)C(=O)Nc2cccc3ncccc23)cc1. The zero-order chi connectivity index (χ0) is 23.0. The molecule has 4 aromatic rings. The molecule has 1 amide bonds. The Morgan fingerprint density at radius 1 is 1.00 bits per heavy atom. The highest BCUT2D eigenvalue weighted by Crippen LogP contribution is 2.23. The summed E-state index contributed by atoms with van der Waals surface area (Å²) in [5, 5.41) is 13.3. The van der Waals surface area contributed by atoms with Crippen LogP contribution in [0.5, 0.6) is 0 Å². The first kappa shape index (κ1) is 21.8. The van der Waals surface area contributed by atoms with Crippen LogP contribution < -0.4 is 10.2 Å². The van der Waals surface area contributed by atoms with Gasteiger partial charge in [-0.15, -0.1) is 0 Å². The second-order valence-corrected chi connectivity index (χ2v) is 7.59. The molecule has 0 unspecified atom stereocenters. The van der Waals surface area contributed by atoms with Gasteiger partial charge in [0.2, 0.25) is 0 Å². The minimum absolute atomic E-state index is 0.0419. The van der Waals surface area contributed by atoms with E-state index in [2.05, 4.69) is 34.3 Å². The van der Waals surface area contributed by atoms with E-state index in [0.29, 0.717) is 5.69 Å². The minimum Gasteiger partial charge on any atom is -0.367 e. The van der Waals surface area contributed by atoms with E-state index >= 15 is 0 Å². The smallest absolute Gasteiger partial charge is 0.266 e.